The first kappa shape index (κ1) is 33.5. The number of carbonyl (C=O) groups is 1. The van der Waals surface area contributed by atoms with Crippen molar-refractivity contribution in [1.82, 2.24) is 29.2 Å². The molecular formula is C31H46FN7O5S. The molecular weight excluding hydrogens is 601 g/mol. The number of carbonyl (C=O) groups excluding carboxylic acids is 1. The number of likely N-dealkylation sites (tertiary alicyclic amines) is 1. The lowest BCUT2D eigenvalue weighted by atomic mass is 9.72. The van der Waals surface area contributed by atoms with Crippen LogP contribution >= 0.6 is 0 Å². The lowest BCUT2D eigenvalue weighted by Crippen LogP contribution is -2.61. The monoisotopic (exact) mass is 647 g/mol. The Morgan fingerprint density at radius 2 is 1.96 bits per heavy atom. The van der Waals surface area contributed by atoms with E-state index in [4.69, 9.17) is 9.47 Å². The van der Waals surface area contributed by atoms with E-state index in [9.17, 15) is 17.6 Å². The van der Waals surface area contributed by atoms with Crippen LogP contribution in [0.1, 0.15) is 63.7 Å². The minimum atomic E-state index is -3.48. The summed E-state index contributed by atoms with van der Waals surface area (Å²) in [5.41, 5.74) is 0.359. The van der Waals surface area contributed by atoms with Crippen LogP contribution < -0.4 is 19.1 Å². The molecule has 2 atom stereocenters. The van der Waals surface area contributed by atoms with E-state index in [1.165, 1.54) is 24.5 Å². The number of hydrogen-bond acceptors (Lipinski definition) is 9. The van der Waals surface area contributed by atoms with Crippen molar-refractivity contribution in [3.8, 4) is 11.5 Å². The number of anilines is 1. The quantitative estimate of drug-likeness (QED) is 0.357. The minimum absolute atomic E-state index is 0.0444. The van der Waals surface area contributed by atoms with Gasteiger partial charge in [0, 0.05) is 50.2 Å². The summed E-state index contributed by atoms with van der Waals surface area (Å²) in [6.45, 7) is 13.2. The number of nitrogens with one attached hydrogen (secondary N) is 2. The van der Waals surface area contributed by atoms with Gasteiger partial charge in [-0.1, -0.05) is 6.92 Å². The van der Waals surface area contributed by atoms with Crippen molar-refractivity contribution in [2.45, 2.75) is 71.6 Å². The second-order valence-corrected chi connectivity index (χ2v) is 14.2. The van der Waals surface area contributed by atoms with Crippen molar-refractivity contribution in [1.29, 1.82) is 0 Å². The van der Waals surface area contributed by atoms with E-state index in [0.29, 0.717) is 31.3 Å². The number of halogens is 1. The lowest BCUT2D eigenvalue weighted by Gasteiger charge is -2.54. The van der Waals surface area contributed by atoms with E-state index in [-0.39, 0.29) is 40.8 Å². The fourth-order valence-corrected chi connectivity index (χ4v) is 7.70. The molecule has 1 aromatic carbocycles. The Hall–Kier alpha value is -2.91. The molecule has 0 radical (unpaired) electrons. The highest BCUT2D eigenvalue weighted by atomic mass is 32.2. The minimum Gasteiger partial charge on any atom is -0.451 e. The van der Waals surface area contributed by atoms with Gasteiger partial charge in [-0.3, -0.25) is 4.79 Å². The molecule has 0 saturated carbocycles. The van der Waals surface area contributed by atoms with Crippen LogP contribution in [0.4, 0.5) is 10.2 Å². The number of ether oxygens (including phenoxy) is 2. The van der Waals surface area contributed by atoms with Crippen LogP contribution in [0.2, 0.25) is 0 Å². The second-order valence-electron chi connectivity index (χ2n) is 12.6. The normalized spacial score (nSPS) is 22.0. The summed E-state index contributed by atoms with van der Waals surface area (Å²) in [4.78, 5) is 28.3. The Kier molecular flexibility index (Phi) is 10.6. The zero-order valence-corrected chi connectivity index (χ0v) is 27.5. The first-order chi connectivity index (χ1) is 21.5. The molecule has 1 aromatic heterocycles. The fraction of sp³-hybridized carbons (Fsp3) is 0.645. The van der Waals surface area contributed by atoms with Crippen LogP contribution in [0.25, 0.3) is 0 Å². The van der Waals surface area contributed by atoms with Gasteiger partial charge < -0.3 is 24.2 Å². The molecule has 248 valence electrons. The molecule has 1 spiro atoms. The summed E-state index contributed by atoms with van der Waals surface area (Å²) in [6, 6.07) is 3.75. The van der Waals surface area contributed by atoms with Gasteiger partial charge in [0.25, 0.3) is 16.1 Å². The van der Waals surface area contributed by atoms with Crippen LogP contribution in [0.15, 0.2) is 30.7 Å². The van der Waals surface area contributed by atoms with Gasteiger partial charge in [-0.05, 0) is 77.7 Å². The molecule has 5 rings (SSSR count). The fourth-order valence-electron chi connectivity index (χ4n) is 6.62. The van der Waals surface area contributed by atoms with Crippen LogP contribution in [0.5, 0.6) is 11.5 Å². The van der Waals surface area contributed by atoms with E-state index >= 15 is 0 Å². The van der Waals surface area contributed by atoms with Crippen molar-refractivity contribution in [3.63, 3.8) is 0 Å². The zero-order chi connectivity index (χ0) is 32.2. The van der Waals surface area contributed by atoms with Crippen molar-refractivity contribution in [3.05, 3.63) is 42.1 Å². The second kappa shape index (κ2) is 14.2. The molecule has 1 amide bonds. The Balaban J connectivity index is 1.14. The maximum absolute atomic E-state index is 14.2. The van der Waals surface area contributed by atoms with Crippen molar-refractivity contribution >= 4 is 21.9 Å². The summed E-state index contributed by atoms with van der Waals surface area (Å²) < 4.78 is 55.6. The Labute approximate surface area is 265 Å². The first-order valence-electron chi connectivity index (χ1n) is 16.0. The van der Waals surface area contributed by atoms with Gasteiger partial charge in [0.05, 0.1) is 24.5 Å². The number of piperidine rings is 1. The molecule has 45 heavy (non-hydrogen) atoms. The van der Waals surface area contributed by atoms with E-state index in [1.807, 2.05) is 20.8 Å². The summed E-state index contributed by atoms with van der Waals surface area (Å²) in [7, 11) is -3.48. The van der Waals surface area contributed by atoms with E-state index < -0.39 is 16.0 Å². The van der Waals surface area contributed by atoms with Gasteiger partial charge in [-0.15, -0.1) is 0 Å². The van der Waals surface area contributed by atoms with Gasteiger partial charge in [0.1, 0.15) is 17.9 Å². The van der Waals surface area contributed by atoms with E-state index in [2.05, 4.69) is 29.2 Å². The van der Waals surface area contributed by atoms with Crippen molar-refractivity contribution in [2.75, 3.05) is 57.3 Å². The molecule has 0 unspecified atom stereocenters. The topological polar surface area (TPSA) is 129 Å². The molecule has 0 bridgehead atoms. The predicted molar refractivity (Wildman–Crippen MR) is 169 cm³/mol. The maximum atomic E-state index is 14.2. The van der Waals surface area contributed by atoms with Crippen LogP contribution in [0, 0.1) is 11.2 Å². The van der Waals surface area contributed by atoms with Gasteiger partial charge in [0.15, 0.2) is 11.6 Å². The van der Waals surface area contributed by atoms with Crippen molar-refractivity contribution in [2.24, 2.45) is 5.41 Å². The predicted octanol–water partition coefficient (Wildman–Crippen LogP) is 3.17. The van der Waals surface area contributed by atoms with E-state index in [1.54, 1.807) is 18.0 Å². The number of rotatable bonds is 12. The standard InChI is InChI=1S/C31H46FN7O5S/c1-5-35-45(41,42)36-24-8-9-25(43-18-24)17-37-13-11-31(12-14-37)19-38(20-31)29-28(16-33-21-34-29)44-27-10-7-23(32)15-26(27)30(40)39(6-2)22(3)4/h7,10,15-16,21-22,24-25,35-36H,5-6,8-9,11-14,17-20H2,1-4H3/t24-,25+/m1/s1. The zero-order valence-electron chi connectivity index (χ0n) is 26.7. The number of amides is 1. The molecule has 2 N–H and O–H groups in total. The summed E-state index contributed by atoms with van der Waals surface area (Å²) in [5, 5.41) is 0. The maximum Gasteiger partial charge on any atom is 0.277 e. The van der Waals surface area contributed by atoms with Crippen LogP contribution in [-0.4, -0.2) is 105 Å². The Morgan fingerprint density at radius 1 is 1.20 bits per heavy atom. The lowest BCUT2D eigenvalue weighted by molar-refractivity contribution is -0.0299. The highest BCUT2D eigenvalue weighted by Crippen LogP contribution is 2.45. The van der Waals surface area contributed by atoms with E-state index in [0.717, 1.165) is 58.4 Å². The third kappa shape index (κ3) is 8.09. The summed E-state index contributed by atoms with van der Waals surface area (Å²) >= 11 is 0. The van der Waals surface area contributed by atoms with Crippen LogP contribution in [-0.2, 0) is 14.9 Å². The molecule has 3 aliphatic rings. The van der Waals surface area contributed by atoms with Gasteiger partial charge in [-0.2, -0.15) is 13.1 Å². The SMILES string of the molecule is CCNS(=O)(=O)N[C@@H]1CC[C@@H](CN2CCC3(CC2)CN(c2ncncc2Oc2ccc(F)cc2C(=O)N(CC)C(C)C)C3)OC1. The van der Waals surface area contributed by atoms with Crippen molar-refractivity contribution < 1.29 is 27.1 Å². The number of benzene rings is 1. The highest BCUT2D eigenvalue weighted by molar-refractivity contribution is 7.87. The molecule has 12 nitrogen and oxygen atoms in total. The largest absolute Gasteiger partial charge is 0.451 e. The third-order valence-corrected chi connectivity index (χ3v) is 10.3. The molecule has 0 aliphatic carbocycles. The Bertz CT molecular complexity index is 1420. The van der Waals surface area contributed by atoms with Gasteiger partial charge >= 0.3 is 0 Å². The number of aromatic nitrogens is 2. The molecule has 4 heterocycles. The average molecular weight is 648 g/mol. The summed E-state index contributed by atoms with van der Waals surface area (Å²) in [6.07, 6.45) is 6.87. The number of nitrogens with zero attached hydrogens (tertiary/aromatic N) is 5. The molecule has 2 aromatic rings. The van der Waals surface area contributed by atoms with Gasteiger partial charge in [-0.25, -0.2) is 19.1 Å². The van der Waals surface area contributed by atoms with Gasteiger partial charge in [0.2, 0.25) is 0 Å². The smallest absolute Gasteiger partial charge is 0.277 e. The highest BCUT2D eigenvalue weighted by Gasteiger charge is 2.46. The molecule has 3 aliphatic heterocycles. The first-order valence-corrected chi connectivity index (χ1v) is 17.4. The molecule has 3 fully saturated rings. The average Bonchev–Trinajstić information content (AvgIpc) is 2.98. The number of hydrogen-bond donors (Lipinski definition) is 2. The molecule has 3 saturated heterocycles. The Morgan fingerprint density at radius 3 is 2.60 bits per heavy atom. The third-order valence-electron chi connectivity index (χ3n) is 9.03. The molecule has 14 heteroatoms. The summed E-state index contributed by atoms with van der Waals surface area (Å²) in [5.74, 6) is 0.567. The van der Waals surface area contributed by atoms with Crippen LogP contribution in [0.3, 0.4) is 0 Å².